The van der Waals surface area contributed by atoms with Gasteiger partial charge in [-0.2, -0.15) is 0 Å². The number of hydrogen-bond donors (Lipinski definition) is 1. The molecule has 33 heavy (non-hydrogen) atoms. The van der Waals surface area contributed by atoms with Crippen LogP contribution in [-0.2, 0) is 9.59 Å². The van der Waals surface area contributed by atoms with Gasteiger partial charge in [0, 0.05) is 11.3 Å². The van der Waals surface area contributed by atoms with Gasteiger partial charge in [0.2, 0.25) is 0 Å². The lowest BCUT2D eigenvalue weighted by Crippen LogP contribution is -2.29. The Bertz CT molecular complexity index is 1290. The van der Waals surface area contributed by atoms with E-state index < -0.39 is 23.5 Å². The number of anilines is 1. The number of benzene rings is 3. The van der Waals surface area contributed by atoms with Crippen LogP contribution in [0.4, 0.5) is 10.1 Å². The van der Waals surface area contributed by atoms with Crippen LogP contribution in [0.5, 0.6) is 5.75 Å². The fraction of sp³-hybridized carbons (Fsp3) is 0.154. The van der Waals surface area contributed by atoms with Crippen molar-refractivity contribution in [3.63, 3.8) is 0 Å². The molecule has 1 N–H and O–H groups in total. The number of nitrogens with zero attached hydrogens (tertiary/aromatic N) is 1. The number of amides is 1. The van der Waals surface area contributed by atoms with Gasteiger partial charge >= 0.3 is 0 Å². The summed E-state index contributed by atoms with van der Waals surface area (Å²) in [6.07, 6.45) is 0. The molecule has 1 aliphatic rings. The van der Waals surface area contributed by atoms with Gasteiger partial charge in [0.15, 0.2) is 0 Å². The summed E-state index contributed by atoms with van der Waals surface area (Å²) in [5, 5.41) is 11.6. The fourth-order valence-electron chi connectivity index (χ4n) is 3.95. The summed E-state index contributed by atoms with van der Waals surface area (Å²) in [5.74, 6) is -2.29. The van der Waals surface area contributed by atoms with Gasteiger partial charge < -0.3 is 9.84 Å². The molecule has 0 bridgehead atoms. The number of carbonyl (C=O) groups excluding carboxylic acids is 2. The van der Waals surface area contributed by atoms with Crippen LogP contribution in [-0.4, -0.2) is 23.4 Å². The summed E-state index contributed by atoms with van der Waals surface area (Å²) in [6.45, 7) is 4.04. The van der Waals surface area contributed by atoms with Crippen LogP contribution in [0.1, 0.15) is 29.7 Å². The highest BCUT2D eigenvalue weighted by molar-refractivity contribution is 6.51. The van der Waals surface area contributed by atoms with Crippen molar-refractivity contribution in [2.75, 3.05) is 11.5 Å². The number of ketones is 1. The van der Waals surface area contributed by atoms with Gasteiger partial charge in [-0.25, -0.2) is 4.39 Å². The smallest absolute Gasteiger partial charge is 0.300 e. The van der Waals surface area contributed by atoms with E-state index >= 15 is 0 Å². The van der Waals surface area contributed by atoms with Crippen molar-refractivity contribution >= 4 is 34.7 Å². The minimum Gasteiger partial charge on any atom is -0.507 e. The minimum absolute atomic E-state index is 0.0976. The van der Waals surface area contributed by atoms with Crippen LogP contribution in [0.25, 0.3) is 5.76 Å². The number of halogens is 2. The van der Waals surface area contributed by atoms with E-state index in [1.807, 2.05) is 19.1 Å². The normalized spacial score (nSPS) is 17.5. The molecule has 1 fully saturated rings. The van der Waals surface area contributed by atoms with E-state index in [1.54, 1.807) is 37.3 Å². The standard InChI is InChI=1S/C26H21ClFNO4/c1-3-33-21-13-17(10-11-20(21)27)24(30)22-23(16-7-4-6-15(2)12-16)29(26(32)25(22)31)19-9-5-8-18(28)14-19/h4-14,23,30H,3H2,1-2H3/b24-22+. The zero-order valence-corrected chi connectivity index (χ0v) is 18.8. The Hall–Kier alpha value is -3.64. The van der Waals surface area contributed by atoms with E-state index in [1.165, 1.54) is 29.2 Å². The highest BCUT2D eigenvalue weighted by Gasteiger charge is 2.47. The van der Waals surface area contributed by atoms with Crippen LogP contribution in [0, 0.1) is 12.7 Å². The van der Waals surface area contributed by atoms with Gasteiger partial charge in [0.1, 0.15) is 17.3 Å². The monoisotopic (exact) mass is 465 g/mol. The summed E-state index contributed by atoms with van der Waals surface area (Å²) in [4.78, 5) is 27.5. The molecule has 0 aliphatic carbocycles. The first-order chi connectivity index (χ1) is 15.8. The molecule has 1 heterocycles. The molecule has 1 amide bonds. The predicted octanol–water partition coefficient (Wildman–Crippen LogP) is 5.81. The average molecular weight is 466 g/mol. The van der Waals surface area contributed by atoms with Crippen molar-refractivity contribution in [2.24, 2.45) is 0 Å². The number of ether oxygens (including phenoxy) is 1. The number of aliphatic hydroxyl groups excluding tert-OH is 1. The molecule has 168 valence electrons. The van der Waals surface area contributed by atoms with Crippen LogP contribution < -0.4 is 9.64 Å². The van der Waals surface area contributed by atoms with E-state index in [-0.39, 0.29) is 22.6 Å². The molecule has 1 unspecified atom stereocenters. The Morgan fingerprint density at radius 1 is 1.09 bits per heavy atom. The van der Waals surface area contributed by atoms with Gasteiger partial charge in [0.25, 0.3) is 11.7 Å². The Morgan fingerprint density at radius 3 is 2.55 bits per heavy atom. The summed E-state index contributed by atoms with van der Waals surface area (Å²) >= 11 is 6.16. The molecule has 1 atom stereocenters. The lowest BCUT2D eigenvalue weighted by molar-refractivity contribution is -0.132. The molecule has 0 saturated carbocycles. The molecular formula is C26H21ClFNO4. The second-order valence-corrected chi connectivity index (χ2v) is 8.05. The maximum absolute atomic E-state index is 14.0. The number of carbonyl (C=O) groups is 2. The zero-order chi connectivity index (χ0) is 23.7. The molecule has 4 rings (SSSR count). The van der Waals surface area contributed by atoms with Gasteiger partial charge in [-0.3, -0.25) is 14.5 Å². The van der Waals surface area contributed by atoms with Gasteiger partial charge in [-0.1, -0.05) is 47.5 Å². The Balaban J connectivity index is 1.95. The van der Waals surface area contributed by atoms with Crippen LogP contribution in [0.15, 0.2) is 72.3 Å². The molecule has 1 saturated heterocycles. The second kappa shape index (κ2) is 9.08. The van der Waals surface area contributed by atoms with E-state index in [0.717, 1.165) is 5.56 Å². The third-order valence-electron chi connectivity index (χ3n) is 5.39. The average Bonchev–Trinajstić information content (AvgIpc) is 3.05. The molecule has 7 heteroatoms. The molecule has 0 radical (unpaired) electrons. The highest BCUT2D eigenvalue weighted by atomic mass is 35.5. The summed E-state index contributed by atoms with van der Waals surface area (Å²) in [5.41, 5.74) is 1.91. The van der Waals surface area contributed by atoms with E-state index in [0.29, 0.717) is 22.9 Å². The first kappa shape index (κ1) is 22.6. The van der Waals surface area contributed by atoms with Crippen molar-refractivity contribution in [1.82, 2.24) is 0 Å². The minimum atomic E-state index is -0.946. The SMILES string of the molecule is CCOc1cc(/C(O)=C2\C(=O)C(=O)N(c3cccc(F)c3)C2c2cccc(C)c2)ccc1Cl. The third-order valence-corrected chi connectivity index (χ3v) is 5.71. The Labute approximate surface area is 195 Å². The Morgan fingerprint density at radius 2 is 1.85 bits per heavy atom. The molecule has 1 aliphatic heterocycles. The van der Waals surface area contributed by atoms with Crippen LogP contribution in [0.3, 0.4) is 0 Å². The molecule has 5 nitrogen and oxygen atoms in total. The number of Topliss-reactive ketones (excluding diaryl/α,β-unsaturated/α-hetero) is 1. The second-order valence-electron chi connectivity index (χ2n) is 7.64. The number of rotatable bonds is 5. The molecule has 3 aromatic rings. The first-order valence-corrected chi connectivity index (χ1v) is 10.8. The molecule has 0 aromatic heterocycles. The molecular weight excluding hydrogens is 445 g/mol. The first-order valence-electron chi connectivity index (χ1n) is 10.4. The summed E-state index contributed by atoms with van der Waals surface area (Å²) in [6, 6.07) is 16.4. The third kappa shape index (κ3) is 4.22. The van der Waals surface area contributed by atoms with Crippen LogP contribution in [0.2, 0.25) is 5.02 Å². The lowest BCUT2D eigenvalue weighted by Gasteiger charge is -2.25. The van der Waals surface area contributed by atoms with Gasteiger partial charge in [0.05, 0.1) is 23.2 Å². The van der Waals surface area contributed by atoms with E-state index in [2.05, 4.69) is 0 Å². The van der Waals surface area contributed by atoms with Gasteiger partial charge in [-0.15, -0.1) is 0 Å². The summed E-state index contributed by atoms with van der Waals surface area (Å²) < 4.78 is 19.5. The topological polar surface area (TPSA) is 66.8 Å². The van der Waals surface area contributed by atoms with Crippen molar-refractivity contribution in [3.05, 3.63) is 99.8 Å². The Kier molecular flexibility index (Phi) is 6.20. The molecule has 3 aromatic carbocycles. The van der Waals surface area contributed by atoms with E-state index in [4.69, 9.17) is 16.3 Å². The lowest BCUT2D eigenvalue weighted by atomic mass is 9.94. The maximum atomic E-state index is 14.0. The number of aliphatic hydroxyl groups is 1. The summed E-state index contributed by atoms with van der Waals surface area (Å²) in [7, 11) is 0. The quantitative estimate of drug-likeness (QED) is 0.293. The van der Waals surface area contributed by atoms with Crippen LogP contribution >= 0.6 is 11.6 Å². The predicted molar refractivity (Wildman–Crippen MR) is 125 cm³/mol. The molecule has 0 spiro atoms. The van der Waals surface area contributed by atoms with E-state index in [9.17, 15) is 19.1 Å². The maximum Gasteiger partial charge on any atom is 0.300 e. The van der Waals surface area contributed by atoms with Crippen molar-refractivity contribution < 1.29 is 23.8 Å². The number of aryl methyl sites for hydroxylation is 1. The fourth-order valence-corrected chi connectivity index (χ4v) is 4.12. The zero-order valence-electron chi connectivity index (χ0n) is 18.0. The largest absolute Gasteiger partial charge is 0.507 e. The number of hydrogen-bond acceptors (Lipinski definition) is 4. The van der Waals surface area contributed by atoms with Gasteiger partial charge in [-0.05, 0) is 55.8 Å². The highest BCUT2D eigenvalue weighted by Crippen LogP contribution is 2.43. The van der Waals surface area contributed by atoms with Crippen molar-refractivity contribution in [2.45, 2.75) is 19.9 Å². The van der Waals surface area contributed by atoms with Crippen molar-refractivity contribution in [3.8, 4) is 5.75 Å². The van der Waals surface area contributed by atoms with Crippen molar-refractivity contribution in [1.29, 1.82) is 0 Å².